The van der Waals surface area contributed by atoms with Crippen molar-refractivity contribution in [3.63, 3.8) is 0 Å². The fraction of sp³-hybridized carbons (Fsp3) is 0.238. The third-order valence-corrected chi connectivity index (χ3v) is 8.05. The van der Waals surface area contributed by atoms with Crippen LogP contribution in [0.3, 0.4) is 0 Å². The number of anilines is 1. The zero-order chi connectivity index (χ0) is 24.3. The largest absolute Gasteiger partial charge is 0.473 e. The van der Waals surface area contributed by atoms with Crippen LogP contribution in [0.1, 0.15) is 11.7 Å². The lowest BCUT2D eigenvalue weighted by Gasteiger charge is -2.26. The quantitative estimate of drug-likeness (QED) is 0.473. The zero-order valence-corrected chi connectivity index (χ0v) is 20.6. The van der Waals surface area contributed by atoms with Crippen molar-refractivity contribution in [2.24, 2.45) is 0 Å². The molecule has 8 nitrogen and oxygen atoms in total. The molecular weight excluding hydrogens is 528 g/mol. The second-order valence-electron chi connectivity index (χ2n) is 7.12. The topological polar surface area (TPSA) is 97.8 Å². The molecule has 0 spiro atoms. The van der Waals surface area contributed by atoms with Crippen LogP contribution in [0.15, 0.2) is 53.6 Å². The Labute approximate surface area is 209 Å². The van der Waals surface area contributed by atoms with Gasteiger partial charge in [0.05, 0.1) is 24.3 Å². The Morgan fingerprint density at radius 1 is 1.18 bits per heavy atom. The highest BCUT2D eigenvalue weighted by atomic mass is 35.5. The lowest BCUT2D eigenvalue weighted by atomic mass is 10.1. The molecule has 0 radical (unpaired) electrons. The lowest BCUT2D eigenvalue weighted by molar-refractivity contribution is -0.123. The molecule has 1 aliphatic rings. The number of amides is 1. The number of rotatable bonds is 7. The number of carbonyl (C=O) groups is 1. The van der Waals surface area contributed by atoms with Crippen LogP contribution in [0.25, 0.3) is 0 Å². The van der Waals surface area contributed by atoms with Gasteiger partial charge in [-0.1, -0.05) is 46.7 Å². The van der Waals surface area contributed by atoms with Crippen molar-refractivity contribution in [1.82, 2.24) is 9.29 Å². The van der Waals surface area contributed by atoms with Crippen molar-refractivity contribution >= 4 is 55.6 Å². The van der Waals surface area contributed by atoms with E-state index in [4.69, 9.17) is 32.7 Å². The molecule has 3 aromatic rings. The summed E-state index contributed by atoms with van der Waals surface area (Å²) in [7, 11) is -3.73. The minimum Gasteiger partial charge on any atom is -0.473 e. The van der Waals surface area contributed by atoms with Crippen LogP contribution < -0.4 is 10.1 Å². The molecule has 1 fully saturated rings. The van der Waals surface area contributed by atoms with E-state index in [2.05, 4.69) is 10.3 Å². The molecular formula is C21H18Cl2FN3O5S2. The summed E-state index contributed by atoms with van der Waals surface area (Å²) >= 11 is 12.7. The molecule has 180 valence electrons. The van der Waals surface area contributed by atoms with Crippen molar-refractivity contribution < 1.29 is 27.1 Å². The molecule has 1 aliphatic heterocycles. The molecule has 1 amide bonds. The number of benzene rings is 2. The number of hydrogen-bond donors (Lipinski definition) is 1. The van der Waals surface area contributed by atoms with Crippen LogP contribution in [0.5, 0.6) is 5.75 Å². The van der Waals surface area contributed by atoms with Gasteiger partial charge in [-0.25, -0.2) is 17.8 Å². The standard InChI is InChI=1S/C21H18Cl2FN3O5S2/c22-14-3-6-17(16(24)11-14)32-19(20(28)26-21-25-12-18(23)33-21)13-1-4-15(5-2-13)34(29,30)27-7-9-31-10-8-27/h1-6,11-12,19H,7-10H2,(H,25,26,28). The zero-order valence-electron chi connectivity index (χ0n) is 17.4. The molecule has 0 bridgehead atoms. The summed E-state index contributed by atoms with van der Waals surface area (Å²) in [6.45, 7) is 1.15. The Morgan fingerprint density at radius 3 is 2.50 bits per heavy atom. The fourth-order valence-electron chi connectivity index (χ4n) is 3.20. The minimum absolute atomic E-state index is 0.0571. The van der Waals surface area contributed by atoms with Gasteiger partial charge >= 0.3 is 0 Å². The van der Waals surface area contributed by atoms with Crippen LogP contribution in [0.2, 0.25) is 9.36 Å². The van der Waals surface area contributed by atoms with Gasteiger partial charge in [-0.2, -0.15) is 4.31 Å². The summed E-state index contributed by atoms with van der Waals surface area (Å²) in [5.41, 5.74) is 0.301. The molecule has 4 rings (SSSR count). The van der Waals surface area contributed by atoms with Gasteiger partial charge in [0.2, 0.25) is 16.1 Å². The second-order valence-corrected chi connectivity index (χ2v) is 11.2. The van der Waals surface area contributed by atoms with Crippen molar-refractivity contribution in [2.45, 2.75) is 11.0 Å². The number of nitrogens with zero attached hydrogens (tertiary/aromatic N) is 2. The third-order valence-electron chi connectivity index (χ3n) is 4.88. The van der Waals surface area contributed by atoms with Crippen molar-refractivity contribution in [1.29, 1.82) is 0 Å². The molecule has 1 atom stereocenters. The highest BCUT2D eigenvalue weighted by Crippen LogP contribution is 2.30. The number of nitrogens with one attached hydrogen (secondary N) is 1. The summed E-state index contributed by atoms with van der Waals surface area (Å²) in [5.74, 6) is -1.61. The highest BCUT2D eigenvalue weighted by molar-refractivity contribution is 7.89. The number of carbonyl (C=O) groups excluding carboxylic acids is 1. The van der Waals surface area contributed by atoms with Crippen LogP contribution in [0, 0.1) is 5.82 Å². The average molecular weight is 546 g/mol. The number of ether oxygens (including phenoxy) is 2. The summed E-state index contributed by atoms with van der Waals surface area (Å²) in [6, 6.07) is 9.43. The van der Waals surface area contributed by atoms with Crippen molar-refractivity contribution in [3.8, 4) is 5.75 Å². The Kier molecular flexibility index (Phi) is 7.70. The van der Waals surface area contributed by atoms with Gasteiger partial charge in [-0.3, -0.25) is 10.1 Å². The van der Waals surface area contributed by atoms with Crippen LogP contribution >= 0.6 is 34.5 Å². The molecule has 0 saturated carbocycles. The summed E-state index contributed by atoms with van der Waals surface area (Å²) in [6.07, 6.45) is 0.0560. The maximum absolute atomic E-state index is 14.4. The molecule has 2 aromatic carbocycles. The monoisotopic (exact) mass is 545 g/mol. The predicted molar refractivity (Wildman–Crippen MR) is 127 cm³/mol. The fourth-order valence-corrected chi connectivity index (χ4v) is 5.59. The molecule has 1 N–H and O–H groups in total. The van der Waals surface area contributed by atoms with Gasteiger partial charge in [0.25, 0.3) is 5.91 Å². The Morgan fingerprint density at radius 2 is 1.88 bits per heavy atom. The van der Waals surface area contributed by atoms with Crippen molar-refractivity contribution in [3.05, 3.63) is 69.4 Å². The van der Waals surface area contributed by atoms with Gasteiger partial charge in [0.1, 0.15) is 4.34 Å². The van der Waals surface area contributed by atoms with Gasteiger partial charge < -0.3 is 9.47 Å². The van der Waals surface area contributed by atoms with E-state index < -0.39 is 27.9 Å². The van der Waals surface area contributed by atoms with E-state index in [1.165, 1.54) is 46.9 Å². The molecule has 0 aliphatic carbocycles. The molecule has 13 heteroatoms. The second kappa shape index (κ2) is 10.5. The maximum Gasteiger partial charge on any atom is 0.271 e. The summed E-state index contributed by atoms with van der Waals surface area (Å²) in [5, 5.41) is 2.98. The first-order valence-corrected chi connectivity index (χ1v) is 13.0. The van der Waals surface area contributed by atoms with Crippen LogP contribution in [-0.2, 0) is 19.6 Å². The first kappa shape index (κ1) is 24.8. The minimum atomic E-state index is -3.73. The molecule has 34 heavy (non-hydrogen) atoms. The summed E-state index contributed by atoms with van der Waals surface area (Å²) in [4.78, 5) is 17.1. The van der Waals surface area contributed by atoms with E-state index in [9.17, 15) is 17.6 Å². The first-order valence-electron chi connectivity index (χ1n) is 9.96. The van der Waals surface area contributed by atoms with Gasteiger partial charge in [0, 0.05) is 23.7 Å². The number of morpholine rings is 1. The maximum atomic E-state index is 14.4. The predicted octanol–water partition coefficient (Wildman–Crippen LogP) is 4.37. The van der Waals surface area contributed by atoms with Crippen molar-refractivity contribution in [2.75, 3.05) is 31.6 Å². The molecule has 1 unspecified atom stereocenters. The Bertz CT molecular complexity index is 1280. The number of hydrogen-bond acceptors (Lipinski definition) is 7. The molecule has 1 saturated heterocycles. The summed E-state index contributed by atoms with van der Waals surface area (Å²) < 4.78 is 52.8. The number of sulfonamides is 1. The Balaban J connectivity index is 1.62. The Hall–Kier alpha value is -2.28. The van der Waals surface area contributed by atoms with E-state index in [0.717, 1.165) is 17.4 Å². The number of aromatic nitrogens is 1. The van der Waals surface area contributed by atoms with Crippen LogP contribution in [0.4, 0.5) is 9.52 Å². The molecule has 1 aromatic heterocycles. The third kappa shape index (κ3) is 5.68. The molecule has 2 heterocycles. The van der Waals surface area contributed by atoms with Gasteiger partial charge in [-0.05, 0) is 30.3 Å². The van der Waals surface area contributed by atoms with E-state index in [0.29, 0.717) is 23.1 Å². The lowest BCUT2D eigenvalue weighted by Crippen LogP contribution is -2.40. The van der Waals surface area contributed by atoms with Gasteiger partial charge in [-0.15, -0.1) is 0 Å². The highest BCUT2D eigenvalue weighted by Gasteiger charge is 2.29. The smallest absolute Gasteiger partial charge is 0.271 e. The van der Waals surface area contributed by atoms with Gasteiger partial charge in [0.15, 0.2) is 16.7 Å². The van der Waals surface area contributed by atoms with Crippen LogP contribution in [-0.4, -0.2) is 49.9 Å². The first-order chi connectivity index (χ1) is 16.2. The van der Waals surface area contributed by atoms with E-state index in [1.54, 1.807) is 0 Å². The number of halogens is 3. The average Bonchev–Trinajstić information content (AvgIpc) is 3.23. The SMILES string of the molecule is O=C(Nc1ncc(Cl)s1)C(Oc1ccc(Cl)cc1F)c1ccc(S(=O)(=O)N2CCOCC2)cc1. The number of thiazole rings is 1. The normalized spacial score (nSPS) is 15.6. The van der Waals surface area contributed by atoms with E-state index in [-0.39, 0.29) is 33.9 Å². The van der Waals surface area contributed by atoms with E-state index in [1.807, 2.05) is 0 Å². The van der Waals surface area contributed by atoms with E-state index >= 15 is 0 Å².